The summed E-state index contributed by atoms with van der Waals surface area (Å²) in [5, 5.41) is 8.73. The highest BCUT2D eigenvalue weighted by Crippen LogP contribution is 2.28. The van der Waals surface area contributed by atoms with Crippen LogP contribution in [0.25, 0.3) is 0 Å². The quantitative estimate of drug-likeness (QED) is 0.394. The van der Waals surface area contributed by atoms with Crippen molar-refractivity contribution in [2.75, 3.05) is 0 Å². The summed E-state index contributed by atoms with van der Waals surface area (Å²) < 4.78 is 10.3. The Morgan fingerprint density at radius 1 is 0.964 bits per heavy atom. The molecule has 0 radical (unpaired) electrons. The normalized spacial score (nSPS) is 13.8. The van der Waals surface area contributed by atoms with Gasteiger partial charge in [0.25, 0.3) is 0 Å². The van der Waals surface area contributed by atoms with Gasteiger partial charge in [-0.15, -0.1) is 11.3 Å². The predicted molar refractivity (Wildman–Crippen MR) is 109 cm³/mol. The monoisotopic (exact) mass is 420 g/mol. The smallest absolute Gasteiger partial charge is 0.344 e. The number of benzene rings is 1. The van der Waals surface area contributed by atoms with Crippen molar-refractivity contribution >= 4 is 46.3 Å². The van der Waals surface area contributed by atoms with E-state index in [0.717, 1.165) is 0 Å². The molecule has 1 aromatic carbocycles. The summed E-state index contributed by atoms with van der Waals surface area (Å²) in [6, 6.07) is 12.3. The van der Waals surface area contributed by atoms with Gasteiger partial charge in [-0.05, 0) is 45.1 Å². The molecule has 2 rings (SSSR count). The molecule has 1 N–H and O–H groups in total. The maximum atomic E-state index is 12.5. The third-order valence-corrected chi connectivity index (χ3v) is 5.63. The molecular weight excluding hydrogens is 400 g/mol. The van der Waals surface area contributed by atoms with Crippen LogP contribution in [0.3, 0.4) is 0 Å². The van der Waals surface area contributed by atoms with E-state index < -0.39 is 30.1 Å². The third kappa shape index (κ3) is 5.46. The number of carbonyl (C=O) groups excluding carboxylic acids is 2. The van der Waals surface area contributed by atoms with Crippen molar-refractivity contribution in [2.24, 2.45) is 0 Å². The van der Waals surface area contributed by atoms with Crippen LogP contribution in [0.4, 0.5) is 0 Å². The number of carboxylic acid groups (broad SMARTS) is 1. The minimum atomic E-state index is -1.16. The maximum absolute atomic E-state index is 12.5. The molecule has 1 heterocycles. The predicted octanol–water partition coefficient (Wildman–Crippen LogP) is 3.83. The van der Waals surface area contributed by atoms with Crippen LogP contribution in [0.5, 0.6) is 0 Å². The molecule has 3 atom stereocenters. The summed E-state index contributed by atoms with van der Waals surface area (Å²) in [6.45, 7) is 4.52. The number of hydrogen-bond acceptors (Lipinski definition) is 7. The standard InChI is InChI=1S/C20H20O6S2/c1-11(19(24)25-13(3)20(27)26-12(2)18(22)23)15-9-10-16(28-15)17(21)14-7-5-4-6-8-14/h4-13H,1-3H3,(H,22,23)/t11-,12-,13-/m0/s1. The molecule has 0 fully saturated rings. The first kappa shape index (κ1) is 21.7. The van der Waals surface area contributed by atoms with Crippen LogP contribution in [0, 0.1) is 0 Å². The molecule has 0 aliphatic carbocycles. The van der Waals surface area contributed by atoms with E-state index in [1.54, 1.807) is 43.3 Å². The molecule has 0 saturated carbocycles. The van der Waals surface area contributed by atoms with Crippen LogP contribution in [0.1, 0.15) is 46.8 Å². The van der Waals surface area contributed by atoms with Gasteiger partial charge in [0.05, 0.1) is 10.8 Å². The van der Waals surface area contributed by atoms with Crippen molar-refractivity contribution in [1.82, 2.24) is 0 Å². The van der Waals surface area contributed by atoms with Crippen molar-refractivity contribution < 1.29 is 29.0 Å². The molecule has 0 spiro atoms. The number of carboxylic acids is 1. The average Bonchev–Trinajstić information content (AvgIpc) is 3.17. The van der Waals surface area contributed by atoms with Crippen LogP contribution in [0.15, 0.2) is 42.5 Å². The van der Waals surface area contributed by atoms with Gasteiger partial charge in [0.1, 0.15) is 0 Å². The lowest BCUT2D eigenvalue weighted by molar-refractivity contribution is -0.148. The fraction of sp³-hybridized carbons (Fsp3) is 0.300. The van der Waals surface area contributed by atoms with Crippen molar-refractivity contribution in [2.45, 2.75) is 38.9 Å². The van der Waals surface area contributed by atoms with E-state index in [1.165, 1.54) is 25.2 Å². The molecule has 0 saturated heterocycles. The van der Waals surface area contributed by atoms with Crippen LogP contribution in [-0.4, -0.2) is 40.1 Å². The van der Waals surface area contributed by atoms with Crippen LogP contribution < -0.4 is 0 Å². The van der Waals surface area contributed by atoms with E-state index in [2.05, 4.69) is 0 Å². The van der Waals surface area contributed by atoms with Gasteiger partial charge >= 0.3 is 11.9 Å². The van der Waals surface area contributed by atoms with E-state index in [1.807, 2.05) is 6.07 Å². The number of thiocarbonyl (C=S) groups is 1. The van der Waals surface area contributed by atoms with Gasteiger partial charge in [0, 0.05) is 10.4 Å². The van der Waals surface area contributed by atoms with Gasteiger partial charge in [-0.3, -0.25) is 9.59 Å². The fourth-order valence-corrected chi connectivity index (χ4v) is 3.40. The number of rotatable bonds is 8. The second-order valence-corrected chi connectivity index (χ2v) is 7.63. The summed E-state index contributed by atoms with van der Waals surface area (Å²) in [6.07, 6.45) is -2.01. The first-order valence-corrected chi connectivity index (χ1v) is 9.76. The minimum absolute atomic E-state index is 0.108. The Morgan fingerprint density at radius 2 is 1.61 bits per heavy atom. The van der Waals surface area contributed by atoms with Crippen LogP contribution in [0.2, 0.25) is 0 Å². The summed E-state index contributed by atoms with van der Waals surface area (Å²) in [4.78, 5) is 36.9. The highest BCUT2D eigenvalue weighted by molar-refractivity contribution is 7.80. The second-order valence-electron chi connectivity index (χ2n) is 6.12. The van der Waals surface area contributed by atoms with Gasteiger partial charge in [0.2, 0.25) is 10.8 Å². The largest absolute Gasteiger partial charge is 0.479 e. The molecule has 6 nitrogen and oxygen atoms in total. The Hall–Kier alpha value is -2.58. The molecule has 2 aromatic rings. The van der Waals surface area contributed by atoms with Gasteiger partial charge in [-0.25, -0.2) is 4.79 Å². The Kier molecular flexibility index (Phi) is 7.42. The second kappa shape index (κ2) is 9.57. The van der Waals surface area contributed by atoms with E-state index in [4.69, 9.17) is 26.8 Å². The van der Waals surface area contributed by atoms with Crippen molar-refractivity contribution in [3.63, 3.8) is 0 Å². The summed E-state index contributed by atoms with van der Waals surface area (Å²) in [5.74, 6) is -2.42. The number of carbonyl (C=O) groups is 3. The molecule has 0 aliphatic rings. The molecule has 148 valence electrons. The highest BCUT2D eigenvalue weighted by Gasteiger charge is 2.26. The average molecular weight is 421 g/mol. The van der Waals surface area contributed by atoms with Crippen LogP contribution >= 0.6 is 23.6 Å². The molecule has 0 amide bonds. The van der Waals surface area contributed by atoms with Gasteiger partial charge in [-0.1, -0.05) is 30.3 Å². The number of hydrogen-bond donors (Lipinski definition) is 1. The molecule has 8 heteroatoms. The molecular formula is C20H20O6S2. The van der Waals surface area contributed by atoms with Gasteiger partial charge < -0.3 is 14.6 Å². The Labute approximate surface area is 172 Å². The highest BCUT2D eigenvalue weighted by atomic mass is 32.1. The molecule has 0 unspecified atom stereocenters. The Bertz CT molecular complexity index is 874. The summed E-state index contributed by atoms with van der Waals surface area (Å²) in [5.41, 5.74) is 0.579. The lowest BCUT2D eigenvalue weighted by atomic mass is 10.1. The molecule has 1 aromatic heterocycles. The number of thiophene rings is 1. The number of ketones is 1. The maximum Gasteiger partial charge on any atom is 0.344 e. The molecule has 0 aliphatic heterocycles. The van der Waals surface area contributed by atoms with Gasteiger partial charge in [-0.2, -0.15) is 0 Å². The SMILES string of the molecule is C[C@H](OC(=S)[C@H](C)OC(=O)[C@@H](C)c1ccc(C(=O)c2ccccc2)s1)C(=O)O. The third-order valence-electron chi connectivity index (χ3n) is 3.93. The Morgan fingerprint density at radius 3 is 2.21 bits per heavy atom. The zero-order valence-electron chi connectivity index (χ0n) is 15.6. The van der Waals surface area contributed by atoms with E-state index >= 15 is 0 Å². The van der Waals surface area contributed by atoms with Crippen molar-refractivity contribution in [3.05, 3.63) is 57.8 Å². The van der Waals surface area contributed by atoms with E-state index in [9.17, 15) is 14.4 Å². The number of aliphatic carboxylic acids is 1. The Balaban J connectivity index is 2.00. The zero-order valence-corrected chi connectivity index (χ0v) is 17.2. The fourth-order valence-electron chi connectivity index (χ4n) is 2.20. The van der Waals surface area contributed by atoms with Crippen LogP contribution in [-0.2, 0) is 19.1 Å². The van der Waals surface area contributed by atoms with E-state index in [-0.39, 0.29) is 10.8 Å². The lowest BCUT2D eigenvalue weighted by Crippen LogP contribution is -2.31. The number of esters is 1. The summed E-state index contributed by atoms with van der Waals surface area (Å²) >= 11 is 6.21. The van der Waals surface area contributed by atoms with Crippen molar-refractivity contribution in [1.29, 1.82) is 0 Å². The van der Waals surface area contributed by atoms with E-state index in [0.29, 0.717) is 15.3 Å². The lowest BCUT2D eigenvalue weighted by Gasteiger charge is -2.19. The number of ether oxygens (including phenoxy) is 2. The van der Waals surface area contributed by atoms with Crippen molar-refractivity contribution in [3.8, 4) is 0 Å². The minimum Gasteiger partial charge on any atom is -0.479 e. The molecule has 28 heavy (non-hydrogen) atoms. The molecule has 0 bridgehead atoms. The topological polar surface area (TPSA) is 89.9 Å². The first-order chi connectivity index (χ1) is 13.2. The zero-order chi connectivity index (χ0) is 20.8. The summed E-state index contributed by atoms with van der Waals surface area (Å²) in [7, 11) is 0. The van der Waals surface area contributed by atoms with Gasteiger partial charge in [0.15, 0.2) is 12.2 Å². The first-order valence-electron chi connectivity index (χ1n) is 8.54.